The van der Waals surface area contributed by atoms with Gasteiger partial charge in [0.2, 0.25) is 0 Å². The normalized spacial score (nSPS) is 16.8. The lowest BCUT2D eigenvalue weighted by atomic mass is 9.98. The van der Waals surface area contributed by atoms with E-state index in [9.17, 15) is 0 Å². The van der Waals surface area contributed by atoms with E-state index in [-0.39, 0.29) is 6.04 Å². The van der Waals surface area contributed by atoms with Crippen LogP contribution in [0.4, 0.5) is 0 Å². The maximum atomic E-state index is 6.12. The number of halogens is 1. The zero-order valence-corrected chi connectivity index (χ0v) is 8.85. The molecule has 14 heavy (non-hydrogen) atoms. The summed E-state index contributed by atoms with van der Waals surface area (Å²) in [7, 11) is 0. The van der Waals surface area contributed by atoms with Crippen molar-refractivity contribution in [1.82, 2.24) is 0 Å². The van der Waals surface area contributed by atoms with Gasteiger partial charge in [0.25, 0.3) is 0 Å². The molecule has 1 aromatic carbocycles. The van der Waals surface area contributed by atoms with Crippen molar-refractivity contribution in [2.24, 2.45) is 11.5 Å². The summed E-state index contributed by atoms with van der Waals surface area (Å²) in [5.74, 6) is 0. The molecule has 0 saturated heterocycles. The van der Waals surface area contributed by atoms with Gasteiger partial charge >= 0.3 is 0 Å². The molecular weight excluding hydrogens is 196 g/mol. The second-order valence-corrected chi connectivity index (χ2v) is 4.20. The molecule has 0 radical (unpaired) electrons. The Morgan fingerprint density at radius 3 is 2.71 bits per heavy atom. The minimum atomic E-state index is -0.0425. The molecular formula is C11H15ClN2. The molecule has 1 aromatic rings. The van der Waals surface area contributed by atoms with Crippen molar-refractivity contribution in [3.8, 4) is 0 Å². The third-order valence-electron chi connectivity index (χ3n) is 2.92. The molecule has 0 aromatic heterocycles. The van der Waals surface area contributed by atoms with E-state index in [1.807, 2.05) is 12.1 Å². The minimum Gasteiger partial charge on any atom is -0.329 e. The van der Waals surface area contributed by atoms with Gasteiger partial charge in [0.05, 0.1) is 0 Å². The fourth-order valence-corrected chi connectivity index (χ4v) is 2.44. The van der Waals surface area contributed by atoms with E-state index in [1.54, 1.807) is 0 Å². The van der Waals surface area contributed by atoms with Crippen LogP contribution in [0.1, 0.15) is 29.2 Å². The van der Waals surface area contributed by atoms with Crippen molar-refractivity contribution in [2.45, 2.75) is 25.3 Å². The number of rotatable bonds is 2. The zero-order chi connectivity index (χ0) is 10.1. The molecule has 1 aliphatic rings. The highest BCUT2D eigenvalue weighted by atomic mass is 35.5. The van der Waals surface area contributed by atoms with Gasteiger partial charge in [-0.1, -0.05) is 17.7 Å². The Morgan fingerprint density at radius 2 is 2.00 bits per heavy atom. The van der Waals surface area contributed by atoms with Crippen LogP contribution < -0.4 is 11.5 Å². The first-order valence-corrected chi connectivity index (χ1v) is 5.37. The van der Waals surface area contributed by atoms with Crippen LogP contribution in [0.25, 0.3) is 0 Å². The first-order chi connectivity index (χ1) is 6.74. The SMILES string of the molecule is NCC(N)c1ccc(Cl)c2c1CCC2. The molecule has 3 heteroatoms. The number of hydrogen-bond donors (Lipinski definition) is 2. The molecule has 0 saturated carbocycles. The fraction of sp³-hybridized carbons (Fsp3) is 0.455. The second kappa shape index (κ2) is 3.89. The van der Waals surface area contributed by atoms with Gasteiger partial charge in [0.15, 0.2) is 0 Å². The number of benzene rings is 1. The fourth-order valence-electron chi connectivity index (χ4n) is 2.16. The zero-order valence-electron chi connectivity index (χ0n) is 8.09. The van der Waals surface area contributed by atoms with E-state index in [0.717, 1.165) is 17.9 Å². The molecule has 0 bridgehead atoms. The highest BCUT2D eigenvalue weighted by Gasteiger charge is 2.19. The van der Waals surface area contributed by atoms with Gasteiger partial charge < -0.3 is 11.5 Å². The van der Waals surface area contributed by atoms with E-state index in [2.05, 4.69) is 0 Å². The van der Waals surface area contributed by atoms with Gasteiger partial charge in [0.1, 0.15) is 0 Å². The van der Waals surface area contributed by atoms with Crippen molar-refractivity contribution in [3.63, 3.8) is 0 Å². The molecule has 1 unspecified atom stereocenters. The summed E-state index contributed by atoms with van der Waals surface area (Å²) in [5.41, 5.74) is 15.3. The average Bonchev–Trinajstić information content (AvgIpc) is 2.67. The topological polar surface area (TPSA) is 52.0 Å². The Labute approximate surface area is 89.2 Å². The first kappa shape index (κ1) is 9.97. The summed E-state index contributed by atoms with van der Waals surface area (Å²) in [6.45, 7) is 0.494. The molecule has 0 spiro atoms. The summed E-state index contributed by atoms with van der Waals surface area (Å²) in [4.78, 5) is 0. The lowest BCUT2D eigenvalue weighted by molar-refractivity contribution is 0.726. The van der Waals surface area contributed by atoms with Gasteiger partial charge in [-0.25, -0.2) is 0 Å². The summed E-state index contributed by atoms with van der Waals surface area (Å²) in [6.07, 6.45) is 3.36. The van der Waals surface area contributed by atoms with Crippen molar-refractivity contribution in [3.05, 3.63) is 33.8 Å². The van der Waals surface area contributed by atoms with E-state index in [1.165, 1.54) is 23.1 Å². The highest BCUT2D eigenvalue weighted by Crippen LogP contribution is 2.33. The van der Waals surface area contributed by atoms with E-state index >= 15 is 0 Å². The average molecular weight is 211 g/mol. The Hall–Kier alpha value is -0.570. The Balaban J connectivity index is 2.48. The smallest absolute Gasteiger partial charge is 0.0440 e. The molecule has 0 fully saturated rings. The standard InChI is InChI=1S/C11H15ClN2/c12-10-5-4-9(11(14)6-13)7-2-1-3-8(7)10/h4-5,11H,1-3,6,13-14H2. The van der Waals surface area contributed by atoms with Crippen LogP contribution >= 0.6 is 11.6 Å². The summed E-state index contributed by atoms with van der Waals surface area (Å²) >= 11 is 6.12. The lowest BCUT2D eigenvalue weighted by Crippen LogP contribution is -2.22. The molecule has 2 rings (SSSR count). The van der Waals surface area contributed by atoms with Crippen LogP contribution in [0.5, 0.6) is 0 Å². The minimum absolute atomic E-state index is 0.0425. The van der Waals surface area contributed by atoms with E-state index in [0.29, 0.717) is 6.54 Å². The van der Waals surface area contributed by atoms with Gasteiger partial charge in [-0.15, -0.1) is 0 Å². The largest absolute Gasteiger partial charge is 0.329 e. The molecule has 0 aliphatic heterocycles. The lowest BCUT2D eigenvalue weighted by Gasteiger charge is -2.15. The Bertz CT molecular complexity index is 349. The second-order valence-electron chi connectivity index (χ2n) is 3.79. The summed E-state index contributed by atoms with van der Waals surface area (Å²) in [6, 6.07) is 3.92. The predicted octanol–water partition coefficient (Wildman–Crippen LogP) is 1.79. The first-order valence-electron chi connectivity index (χ1n) is 5.00. The number of fused-ring (bicyclic) bond motifs is 1. The monoisotopic (exact) mass is 210 g/mol. The van der Waals surface area contributed by atoms with E-state index < -0.39 is 0 Å². The Morgan fingerprint density at radius 1 is 1.29 bits per heavy atom. The van der Waals surface area contributed by atoms with E-state index in [4.69, 9.17) is 23.1 Å². The van der Waals surface area contributed by atoms with Crippen LogP contribution in [0, 0.1) is 0 Å². The van der Waals surface area contributed by atoms with Crippen LogP contribution in [0.3, 0.4) is 0 Å². The van der Waals surface area contributed by atoms with Crippen LogP contribution in [-0.4, -0.2) is 6.54 Å². The van der Waals surface area contributed by atoms with Crippen molar-refractivity contribution in [1.29, 1.82) is 0 Å². The Kier molecular flexibility index (Phi) is 2.77. The highest BCUT2D eigenvalue weighted by molar-refractivity contribution is 6.31. The van der Waals surface area contributed by atoms with Gasteiger partial charge in [0, 0.05) is 17.6 Å². The molecule has 2 nitrogen and oxygen atoms in total. The number of nitrogens with two attached hydrogens (primary N) is 2. The van der Waals surface area contributed by atoms with Crippen LogP contribution in [0.15, 0.2) is 12.1 Å². The predicted molar refractivity (Wildman–Crippen MR) is 59.5 cm³/mol. The quantitative estimate of drug-likeness (QED) is 0.782. The van der Waals surface area contributed by atoms with Crippen LogP contribution in [0.2, 0.25) is 5.02 Å². The summed E-state index contributed by atoms with van der Waals surface area (Å²) < 4.78 is 0. The van der Waals surface area contributed by atoms with Gasteiger partial charge in [-0.05, 0) is 42.0 Å². The third-order valence-corrected chi connectivity index (χ3v) is 3.27. The van der Waals surface area contributed by atoms with Crippen molar-refractivity contribution >= 4 is 11.6 Å². The van der Waals surface area contributed by atoms with Crippen molar-refractivity contribution in [2.75, 3.05) is 6.54 Å². The molecule has 76 valence electrons. The van der Waals surface area contributed by atoms with Crippen LogP contribution in [-0.2, 0) is 12.8 Å². The third kappa shape index (κ3) is 1.54. The maximum Gasteiger partial charge on any atom is 0.0440 e. The van der Waals surface area contributed by atoms with Gasteiger partial charge in [-0.3, -0.25) is 0 Å². The maximum absolute atomic E-state index is 6.12. The van der Waals surface area contributed by atoms with Crippen molar-refractivity contribution < 1.29 is 0 Å². The number of hydrogen-bond acceptors (Lipinski definition) is 2. The molecule has 1 atom stereocenters. The molecule has 4 N–H and O–H groups in total. The molecule has 0 heterocycles. The summed E-state index contributed by atoms with van der Waals surface area (Å²) in [5, 5.41) is 0.880. The van der Waals surface area contributed by atoms with Gasteiger partial charge in [-0.2, -0.15) is 0 Å². The molecule has 0 amide bonds. The molecule has 1 aliphatic carbocycles.